The van der Waals surface area contributed by atoms with Gasteiger partial charge in [0.05, 0.1) is 5.92 Å². The van der Waals surface area contributed by atoms with Gasteiger partial charge in [-0.05, 0) is 30.9 Å². The van der Waals surface area contributed by atoms with Gasteiger partial charge in [0.2, 0.25) is 0 Å². The summed E-state index contributed by atoms with van der Waals surface area (Å²) in [5, 5.41) is 8.99. The fourth-order valence-electron chi connectivity index (χ4n) is 2.11. The molecule has 0 spiro atoms. The number of carbonyl (C=O) groups is 1. The van der Waals surface area contributed by atoms with Gasteiger partial charge in [-0.2, -0.15) is 0 Å². The minimum atomic E-state index is -0.688. The van der Waals surface area contributed by atoms with Crippen molar-refractivity contribution in [2.24, 2.45) is 7.05 Å². The lowest BCUT2D eigenvalue weighted by Crippen LogP contribution is -2.18. The van der Waals surface area contributed by atoms with Gasteiger partial charge in [0, 0.05) is 18.9 Å². The zero-order chi connectivity index (χ0) is 9.42. The van der Waals surface area contributed by atoms with Crippen molar-refractivity contribution in [3.8, 4) is 0 Å². The molecule has 1 heterocycles. The van der Waals surface area contributed by atoms with Crippen LogP contribution in [0.4, 0.5) is 0 Å². The molecular formula is C10H13NO2. The monoisotopic (exact) mass is 179 g/mol. The van der Waals surface area contributed by atoms with E-state index in [1.807, 2.05) is 23.9 Å². The average Bonchev–Trinajstić information content (AvgIpc) is 2.48. The summed E-state index contributed by atoms with van der Waals surface area (Å²) in [6.07, 6.45) is 4.74. The number of carboxylic acids is 1. The molecule has 1 aromatic heterocycles. The molecule has 0 amide bonds. The van der Waals surface area contributed by atoms with Crippen LogP contribution < -0.4 is 0 Å². The van der Waals surface area contributed by atoms with Gasteiger partial charge in [-0.15, -0.1) is 0 Å². The summed E-state index contributed by atoms with van der Waals surface area (Å²) < 4.78 is 2.03. The second-order valence-electron chi connectivity index (χ2n) is 3.61. The summed E-state index contributed by atoms with van der Waals surface area (Å²) in [6, 6.07) is 1.94. The average molecular weight is 179 g/mol. The Morgan fingerprint density at radius 3 is 3.15 bits per heavy atom. The summed E-state index contributed by atoms with van der Waals surface area (Å²) in [4.78, 5) is 10.9. The van der Waals surface area contributed by atoms with Crippen LogP contribution in [0.2, 0.25) is 0 Å². The molecule has 1 atom stereocenters. The maximum Gasteiger partial charge on any atom is 0.311 e. The third-order valence-corrected chi connectivity index (χ3v) is 2.82. The van der Waals surface area contributed by atoms with E-state index < -0.39 is 5.97 Å². The third-order valence-electron chi connectivity index (χ3n) is 2.82. The lowest BCUT2D eigenvalue weighted by Gasteiger charge is -2.19. The van der Waals surface area contributed by atoms with E-state index in [-0.39, 0.29) is 5.92 Å². The predicted molar refractivity (Wildman–Crippen MR) is 48.7 cm³/mol. The predicted octanol–water partition coefficient (Wildman–Crippen LogP) is 1.53. The third kappa shape index (κ3) is 1.24. The summed E-state index contributed by atoms with van der Waals surface area (Å²) >= 11 is 0. The van der Waals surface area contributed by atoms with Crippen LogP contribution in [-0.4, -0.2) is 15.6 Å². The normalized spacial score (nSPS) is 21.2. The highest BCUT2D eigenvalue weighted by atomic mass is 16.4. The minimum Gasteiger partial charge on any atom is -0.481 e. The molecule has 0 aromatic carbocycles. The molecule has 70 valence electrons. The molecule has 0 saturated heterocycles. The first-order valence-corrected chi connectivity index (χ1v) is 4.57. The summed E-state index contributed by atoms with van der Waals surface area (Å²) in [5.74, 6) is -0.961. The van der Waals surface area contributed by atoms with Gasteiger partial charge in [-0.1, -0.05) is 0 Å². The maximum atomic E-state index is 10.9. The van der Waals surface area contributed by atoms with Crippen LogP contribution in [-0.2, 0) is 18.3 Å². The molecule has 0 saturated carbocycles. The Bertz CT molecular complexity index is 341. The van der Waals surface area contributed by atoms with E-state index >= 15 is 0 Å². The van der Waals surface area contributed by atoms with E-state index in [9.17, 15) is 4.79 Å². The Labute approximate surface area is 77.0 Å². The van der Waals surface area contributed by atoms with E-state index in [0.29, 0.717) is 0 Å². The fraction of sp³-hybridized carbons (Fsp3) is 0.500. The Morgan fingerprint density at radius 1 is 1.69 bits per heavy atom. The second kappa shape index (κ2) is 2.91. The van der Waals surface area contributed by atoms with Crippen molar-refractivity contribution >= 4 is 5.97 Å². The highest BCUT2D eigenvalue weighted by Gasteiger charge is 2.27. The van der Waals surface area contributed by atoms with Gasteiger partial charge in [0.15, 0.2) is 0 Å². The number of hydrogen-bond acceptors (Lipinski definition) is 1. The van der Waals surface area contributed by atoms with Crippen molar-refractivity contribution in [2.75, 3.05) is 0 Å². The van der Waals surface area contributed by atoms with E-state index in [1.54, 1.807) is 0 Å². The highest BCUT2D eigenvalue weighted by molar-refractivity contribution is 5.76. The molecule has 3 heteroatoms. The van der Waals surface area contributed by atoms with Crippen molar-refractivity contribution in [1.82, 2.24) is 4.57 Å². The standard InChI is InChI=1S/C10H13NO2/c1-11-6-5-7-8(10(12)13)3-2-4-9(7)11/h5-6,8H,2-4H2,1H3,(H,12,13). The molecule has 0 fully saturated rings. The molecule has 0 radical (unpaired) electrons. The molecule has 1 aliphatic rings. The first kappa shape index (κ1) is 8.35. The molecule has 0 bridgehead atoms. The lowest BCUT2D eigenvalue weighted by molar-refractivity contribution is -0.139. The van der Waals surface area contributed by atoms with Crippen molar-refractivity contribution in [3.05, 3.63) is 23.5 Å². The minimum absolute atomic E-state index is 0.273. The van der Waals surface area contributed by atoms with Crippen LogP contribution in [0.5, 0.6) is 0 Å². The number of aliphatic carboxylic acids is 1. The fourth-order valence-corrected chi connectivity index (χ4v) is 2.11. The largest absolute Gasteiger partial charge is 0.481 e. The number of carboxylic acid groups (broad SMARTS) is 1. The maximum absolute atomic E-state index is 10.9. The highest BCUT2D eigenvalue weighted by Crippen LogP contribution is 2.31. The van der Waals surface area contributed by atoms with Gasteiger partial charge in [0.25, 0.3) is 0 Å². The lowest BCUT2D eigenvalue weighted by atomic mass is 9.87. The zero-order valence-corrected chi connectivity index (χ0v) is 7.66. The van der Waals surface area contributed by atoms with Gasteiger partial charge in [-0.3, -0.25) is 4.79 Å². The Morgan fingerprint density at radius 2 is 2.46 bits per heavy atom. The van der Waals surface area contributed by atoms with E-state index in [1.165, 1.54) is 5.69 Å². The summed E-state index contributed by atoms with van der Waals surface area (Å²) in [6.45, 7) is 0. The van der Waals surface area contributed by atoms with Crippen molar-refractivity contribution in [3.63, 3.8) is 0 Å². The Balaban J connectivity index is 2.43. The summed E-state index contributed by atoms with van der Waals surface area (Å²) in [7, 11) is 1.98. The molecule has 13 heavy (non-hydrogen) atoms. The molecule has 1 aliphatic carbocycles. The number of rotatable bonds is 1. The van der Waals surface area contributed by atoms with E-state index in [2.05, 4.69) is 0 Å². The van der Waals surface area contributed by atoms with Crippen LogP contribution in [0.15, 0.2) is 12.3 Å². The molecule has 1 aromatic rings. The topological polar surface area (TPSA) is 42.2 Å². The van der Waals surface area contributed by atoms with Gasteiger partial charge in [-0.25, -0.2) is 0 Å². The van der Waals surface area contributed by atoms with Gasteiger partial charge >= 0.3 is 5.97 Å². The van der Waals surface area contributed by atoms with Crippen LogP contribution in [0.25, 0.3) is 0 Å². The number of aryl methyl sites for hydroxylation is 1. The van der Waals surface area contributed by atoms with Gasteiger partial charge in [0.1, 0.15) is 0 Å². The van der Waals surface area contributed by atoms with E-state index in [4.69, 9.17) is 5.11 Å². The second-order valence-corrected chi connectivity index (χ2v) is 3.61. The van der Waals surface area contributed by atoms with Crippen molar-refractivity contribution < 1.29 is 9.90 Å². The number of nitrogens with zero attached hydrogens (tertiary/aromatic N) is 1. The van der Waals surface area contributed by atoms with Crippen LogP contribution in [0.1, 0.15) is 30.0 Å². The van der Waals surface area contributed by atoms with Gasteiger partial charge < -0.3 is 9.67 Å². The Kier molecular flexibility index (Phi) is 1.87. The van der Waals surface area contributed by atoms with Crippen LogP contribution in [0.3, 0.4) is 0 Å². The molecular weight excluding hydrogens is 166 g/mol. The van der Waals surface area contributed by atoms with Crippen molar-refractivity contribution in [2.45, 2.75) is 25.2 Å². The quantitative estimate of drug-likeness (QED) is 0.710. The SMILES string of the molecule is Cn1ccc2c1CCCC2C(=O)O. The van der Waals surface area contributed by atoms with Crippen LogP contribution >= 0.6 is 0 Å². The molecule has 1 unspecified atom stereocenters. The molecule has 3 nitrogen and oxygen atoms in total. The van der Waals surface area contributed by atoms with Crippen molar-refractivity contribution in [1.29, 1.82) is 0 Å². The summed E-state index contributed by atoms with van der Waals surface area (Å²) in [5.41, 5.74) is 2.21. The number of hydrogen-bond donors (Lipinski definition) is 1. The molecule has 0 aliphatic heterocycles. The molecule has 1 N–H and O–H groups in total. The number of aromatic nitrogens is 1. The first-order chi connectivity index (χ1) is 6.20. The first-order valence-electron chi connectivity index (χ1n) is 4.57. The smallest absolute Gasteiger partial charge is 0.311 e. The van der Waals surface area contributed by atoms with E-state index in [0.717, 1.165) is 24.8 Å². The van der Waals surface area contributed by atoms with Crippen LogP contribution in [0, 0.1) is 0 Å². The Hall–Kier alpha value is -1.25. The molecule has 2 rings (SSSR count). The number of fused-ring (bicyclic) bond motifs is 1. The zero-order valence-electron chi connectivity index (χ0n) is 7.66.